The molecule has 128 valence electrons. The zero-order chi connectivity index (χ0) is 16.6. The van der Waals surface area contributed by atoms with Gasteiger partial charge in [-0.3, -0.25) is 4.90 Å². The van der Waals surface area contributed by atoms with E-state index in [9.17, 15) is 0 Å². The molecule has 2 N–H and O–H groups in total. The quantitative estimate of drug-likeness (QED) is 0.802. The first-order chi connectivity index (χ1) is 11.8. The number of halogens is 1. The van der Waals surface area contributed by atoms with E-state index in [0.717, 1.165) is 55.8 Å². The van der Waals surface area contributed by atoms with E-state index in [4.69, 9.17) is 16.3 Å². The van der Waals surface area contributed by atoms with Crippen molar-refractivity contribution in [2.75, 3.05) is 50.0 Å². The summed E-state index contributed by atoms with van der Waals surface area (Å²) >= 11 is 6.17. The third-order valence-electron chi connectivity index (χ3n) is 3.89. The number of aromatic nitrogens is 2. The van der Waals surface area contributed by atoms with Crippen molar-refractivity contribution in [3.8, 4) is 0 Å². The van der Waals surface area contributed by atoms with Crippen molar-refractivity contribution in [1.82, 2.24) is 14.9 Å². The first-order valence-corrected chi connectivity index (χ1v) is 8.53. The van der Waals surface area contributed by atoms with Gasteiger partial charge in [0.05, 0.1) is 13.2 Å². The smallest absolute Gasteiger partial charge is 0.224 e. The number of hydrogen-bond acceptors (Lipinski definition) is 6. The molecule has 3 rings (SSSR count). The SMILES string of the molecule is Clc1ccccc1CNc1ccnc(NCCN2CCOCC2)n1. The molecule has 0 saturated carbocycles. The van der Waals surface area contributed by atoms with Gasteiger partial charge in [0.2, 0.25) is 5.95 Å². The fourth-order valence-electron chi connectivity index (χ4n) is 2.52. The molecule has 0 spiro atoms. The Morgan fingerprint density at radius 1 is 1.12 bits per heavy atom. The predicted octanol–water partition coefficient (Wildman–Crippen LogP) is 2.49. The number of nitrogens with one attached hydrogen (secondary N) is 2. The van der Waals surface area contributed by atoms with Crippen molar-refractivity contribution in [2.45, 2.75) is 6.54 Å². The number of benzene rings is 1. The van der Waals surface area contributed by atoms with Crippen LogP contribution in [0.25, 0.3) is 0 Å². The van der Waals surface area contributed by atoms with Crippen LogP contribution in [0.4, 0.5) is 11.8 Å². The molecule has 1 aromatic carbocycles. The Morgan fingerprint density at radius 2 is 1.96 bits per heavy atom. The molecule has 0 amide bonds. The van der Waals surface area contributed by atoms with Crippen LogP contribution in [0.5, 0.6) is 0 Å². The second kappa shape index (κ2) is 8.82. The van der Waals surface area contributed by atoms with Crippen molar-refractivity contribution in [3.63, 3.8) is 0 Å². The maximum absolute atomic E-state index is 6.17. The third kappa shape index (κ3) is 5.06. The van der Waals surface area contributed by atoms with Crippen molar-refractivity contribution < 1.29 is 4.74 Å². The minimum atomic E-state index is 0.629. The highest BCUT2D eigenvalue weighted by Crippen LogP contribution is 2.16. The fraction of sp³-hybridized carbons (Fsp3) is 0.412. The number of ether oxygens (including phenoxy) is 1. The fourth-order valence-corrected chi connectivity index (χ4v) is 2.72. The summed E-state index contributed by atoms with van der Waals surface area (Å²) in [5.41, 5.74) is 1.04. The summed E-state index contributed by atoms with van der Waals surface area (Å²) in [6.45, 7) is 6.02. The Balaban J connectivity index is 1.47. The lowest BCUT2D eigenvalue weighted by Crippen LogP contribution is -2.39. The zero-order valence-electron chi connectivity index (χ0n) is 13.5. The van der Waals surface area contributed by atoms with Crippen molar-refractivity contribution in [3.05, 3.63) is 47.1 Å². The van der Waals surface area contributed by atoms with Crippen molar-refractivity contribution in [1.29, 1.82) is 0 Å². The van der Waals surface area contributed by atoms with Gasteiger partial charge in [0.15, 0.2) is 0 Å². The van der Waals surface area contributed by atoms with E-state index in [0.29, 0.717) is 12.5 Å². The van der Waals surface area contributed by atoms with E-state index >= 15 is 0 Å². The largest absolute Gasteiger partial charge is 0.379 e. The van der Waals surface area contributed by atoms with E-state index in [1.165, 1.54) is 0 Å². The monoisotopic (exact) mass is 347 g/mol. The standard InChI is InChI=1S/C17H22ClN5O/c18-15-4-2-1-3-14(15)13-21-16-5-6-19-17(22-16)20-7-8-23-9-11-24-12-10-23/h1-6H,7-13H2,(H2,19,20,21,22). The average molecular weight is 348 g/mol. The third-order valence-corrected chi connectivity index (χ3v) is 4.26. The molecule has 2 heterocycles. The molecule has 2 aromatic rings. The number of hydrogen-bond donors (Lipinski definition) is 2. The van der Waals surface area contributed by atoms with E-state index < -0.39 is 0 Å². The first kappa shape index (κ1) is 17.0. The van der Waals surface area contributed by atoms with Crippen LogP contribution in [-0.2, 0) is 11.3 Å². The van der Waals surface area contributed by atoms with Crippen LogP contribution in [0.15, 0.2) is 36.5 Å². The van der Waals surface area contributed by atoms with Gasteiger partial charge in [-0.05, 0) is 17.7 Å². The number of anilines is 2. The van der Waals surface area contributed by atoms with E-state index in [-0.39, 0.29) is 0 Å². The summed E-state index contributed by atoms with van der Waals surface area (Å²) in [4.78, 5) is 11.1. The normalized spacial score (nSPS) is 15.2. The molecular formula is C17H22ClN5O. The maximum Gasteiger partial charge on any atom is 0.224 e. The minimum absolute atomic E-state index is 0.629. The number of morpholine rings is 1. The van der Waals surface area contributed by atoms with Crippen LogP contribution in [0.2, 0.25) is 5.02 Å². The highest BCUT2D eigenvalue weighted by Gasteiger charge is 2.09. The summed E-state index contributed by atoms with van der Waals surface area (Å²) in [6, 6.07) is 9.63. The minimum Gasteiger partial charge on any atom is -0.379 e. The van der Waals surface area contributed by atoms with Crippen molar-refractivity contribution >= 4 is 23.4 Å². The molecule has 0 atom stereocenters. The molecule has 1 aliphatic rings. The molecule has 0 unspecified atom stereocenters. The van der Waals surface area contributed by atoms with Crippen molar-refractivity contribution in [2.24, 2.45) is 0 Å². The van der Waals surface area contributed by atoms with E-state index in [2.05, 4.69) is 25.5 Å². The lowest BCUT2D eigenvalue weighted by Gasteiger charge is -2.26. The average Bonchev–Trinajstić information content (AvgIpc) is 2.62. The lowest BCUT2D eigenvalue weighted by molar-refractivity contribution is 0.0398. The molecule has 0 radical (unpaired) electrons. The lowest BCUT2D eigenvalue weighted by atomic mass is 10.2. The molecule has 1 fully saturated rings. The predicted molar refractivity (Wildman–Crippen MR) is 96.6 cm³/mol. The van der Waals surface area contributed by atoms with E-state index in [1.807, 2.05) is 30.3 Å². The van der Waals surface area contributed by atoms with Gasteiger partial charge < -0.3 is 15.4 Å². The van der Waals surface area contributed by atoms with Crippen LogP contribution < -0.4 is 10.6 Å². The number of rotatable bonds is 7. The molecule has 1 aliphatic heterocycles. The van der Waals surface area contributed by atoms with Gasteiger partial charge in [-0.15, -0.1) is 0 Å². The van der Waals surface area contributed by atoms with Crippen LogP contribution in [0.3, 0.4) is 0 Å². The summed E-state index contributed by atoms with van der Waals surface area (Å²) < 4.78 is 5.35. The van der Waals surface area contributed by atoms with Gasteiger partial charge in [0, 0.05) is 43.9 Å². The summed E-state index contributed by atoms with van der Waals surface area (Å²) in [5, 5.41) is 7.30. The topological polar surface area (TPSA) is 62.3 Å². The zero-order valence-corrected chi connectivity index (χ0v) is 14.3. The Hall–Kier alpha value is -1.89. The van der Waals surface area contributed by atoms with Gasteiger partial charge in [-0.2, -0.15) is 4.98 Å². The molecule has 1 aromatic heterocycles. The summed E-state index contributed by atoms with van der Waals surface area (Å²) in [6.07, 6.45) is 1.75. The molecule has 1 saturated heterocycles. The van der Waals surface area contributed by atoms with Crippen LogP contribution in [0, 0.1) is 0 Å². The Kier molecular flexibility index (Phi) is 6.23. The number of nitrogens with zero attached hydrogens (tertiary/aromatic N) is 3. The molecular weight excluding hydrogens is 326 g/mol. The van der Waals surface area contributed by atoms with Gasteiger partial charge in [-0.25, -0.2) is 4.98 Å². The van der Waals surface area contributed by atoms with Crippen LogP contribution >= 0.6 is 11.6 Å². The van der Waals surface area contributed by atoms with Gasteiger partial charge in [0.1, 0.15) is 5.82 Å². The molecule has 0 aliphatic carbocycles. The Bertz CT molecular complexity index is 648. The van der Waals surface area contributed by atoms with Crippen LogP contribution in [0.1, 0.15) is 5.56 Å². The Morgan fingerprint density at radius 3 is 2.79 bits per heavy atom. The van der Waals surface area contributed by atoms with Gasteiger partial charge >= 0.3 is 0 Å². The second-order valence-corrected chi connectivity index (χ2v) is 6.00. The molecule has 6 nitrogen and oxygen atoms in total. The highest BCUT2D eigenvalue weighted by molar-refractivity contribution is 6.31. The van der Waals surface area contributed by atoms with Gasteiger partial charge in [0.25, 0.3) is 0 Å². The first-order valence-electron chi connectivity index (χ1n) is 8.15. The molecule has 0 bridgehead atoms. The summed E-state index contributed by atoms with van der Waals surface area (Å²) in [7, 11) is 0. The summed E-state index contributed by atoms with van der Waals surface area (Å²) in [5.74, 6) is 1.41. The molecule has 7 heteroatoms. The Labute approximate surface area is 147 Å². The maximum atomic E-state index is 6.17. The highest BCUT2D eigenvalue weighted by atomic mass is 35.5. The van der Waals surface area contributed by atoms with Gasteiger partial charge in [-0.1, -0.05) is 29.8 Å². The van der Waals surface area contributed by atoms with Crippen LogP contribution in [-0.4, -0.2) is 54.3 Å². The van der Waals surface area contributed by atoms with E-state index in [1.54, 1.807) is 6.20 Å². The molecule has 24 heavy (non-hydrogen) atoms. The second-order valence-electron chi connectivity index (χ2n) is 5.59.